The second-order valence-electron chi connectivity index (χ2n) is 4.52. The predicted molar refractivity (Wildman–Crippen MR) is 65.8 cm³/mol. The summed E-state index contributed by atoms with van der Waals surface area (Å²) >= 11 is 0. The minimum atomic E-state index is -0.879. The fourth-order valence-electron chi connectivity index (χ4n) is 2.22. The molecule has 3 rings (SSSR count). The SMILES string of the molecule is O=C(O)c1cccc(N2CCN=C2C2CC2)c1. The molecule has 0 atom stereocenters. The second-order valence-corrected chi connectivity index (χ2v) is 4.52. The summed E-state index contributed by atoms with van der Waals surface area (Å²) < 4.78 is 0. The predicted octanol–water partition coefficient (Wildman–Crippen LogP) is 2.01. The molecule has 1 N–H and O–H groups in total. The molecule has 1 fully saturated rings. The Bertz CT molecular complexity index is 492. The molecule has 0 radical (unpaired) electrons. The number of nitrogens with zero attached hydrogens (tertiary/aromatic N) is 2. The van der Waals surface area contributed by atoms with Crippen LogP contribution < -0.4 is 4.90 Å². The van der Waals surface area contributed by atoms with E-state index in [-0.39, 0.29) is 0 Å². The lowest BCUT2D eigenvalue weighted by Crippen LogP contribution is -2.28. The van der Waals surface area contributed by atoms with E-state index in [9.17, 15) is 4.79 Å². The standard InChI is InChI=1S/C13H14N2O2/c16-13(17)10-2-1-3-11(8-10)15-7-6-14-12(15)9-4-5-9/h1-3,8-9H,4-7H2,(H,16,17). The van der Waals surface area contributed by atoms with Crippen LogP contribution >= 0.6 is 0 Å². The Morgan fingerprint density at radius 3 is 2.94 bits per heavy atom. The highest BCUT2D eigenvalue weighted by Crippen LogP contribution is 2.35. The largest absolute Gasteiger partial charge is 0.478 e. The zero-order chi connectivity index (χ0) is 11.8. The van der Waals surface area contributed by atoms with Gasteiger partial charge >= 0.3 is 5.97 Å². The van der Waals surface area contributed by atoms with Crippen molar-refractivity contribution in [2.24, 2.45) is 10.9 Å². The van der Waals surface area contributed by atoms with Gasteiger partial charge in [-0.3, -0.25) is 4.99 Å². The minimum absolute atomic E-state index is 0.338. The summed E-state index contributed by atoms with van der Waals surface area (Å²) in [5, 5.41) is 8.99. The Kier molecular flexibility index (Phi) is 2.35. The third-order valence-corrected chi connectivity index (χ3v) is 3.22. The fraction of sp³-hybridized carbons (Fsp3) is 0.385. The van der Waals surface area contributed by atoms with Crippen molar-refractivity contribution in [3.63, 3.8) is 0 Å². The minimum Gasteiger partial charge on any atom is -0.478 e. The first kappa shape index (κ1) is 10.3. The van der Waals surface area contributed by atoms with Gasteiger partial charge in [0.1, 0.15) is 5.84 Å². The topological polar surface area (TPSA) is 52.9 Å². The van der Waals surface area contributed by atoms with E-state index < -0.39 is 5.97 Å². The van der Waals surface area contributed by atoms with Crippen LogP contribution in [-0.4, -0.2) is 30.0 Å². The van der Waals surface area contributed by atoms with Crippen LogP contribution in [0.5, 0.6) is 0 Å². The molecule has 1 aliphatic heterocycles. The molecule has 0 aromatic heterocycles. The van der Waals surface area contributed by atoms with E-state index in [1.165, 1.54) is 12.8 Å². The van der Waals surface area contributed by atoms with Crippen LogP contribution in [0, 0.1) is 5.92 Å². The number of carboxylic acid groups (broad SMARTS) is 1. The highest BCUT2D eigenvalue weighted by molar-refractivity contribution is 6.03. The van der Waals surface area contributed by atoms with Gasteiger partial charge in [-0.15, -0.1) is 0 Å². The van der Waals surface area contributed by atoms with E-state index in [0.29, 0.717) is 11.5 Å². The number of benzene rings is 1. The molecule has 1 aromatic carbocycles. The summed E-state index contributed by atoms with van der Waals surface area (Å²) in [4.78, 5) is 17.6. The summed E-state index contributed by atoms with van der Waals surface area (Å²) in [6.45, 7) is 1.69. The third-order valence-electron chi connectivity index (χ3n) is 3.22. The van der Waals surface area contributed by atoms with Gasteiger partial charge in [0.25, 0.3) is 0 Å². The van der Waals surface area contributed by atoms with Crippen LogP contribution in [0.2, 0.25) is 0 Å². The second kappa shape index (κ2) is 3.87. The van der Waals surface area contributed by atoms with E-state index in [4.69, 9.17) is 5.11 Å². The number of amidine groups is 1. The lowest BCUT2D eigenvalue weighted by atomic mass is 10.2. The molecule has 0 amide bonds. The van der Waals surface area contributed by atoms with Crippen molar-refractivity contribution >= 4 is 17.5 Å². The van der Waals surface area contributed by atoms with Gasteiger partial charge in [0.15, 0.2) is 0 Å². The van der Waals surface area contributed by atoms with Crippen LogP contribution in [0.15, 0.2) is 29.3 Å². The summed E-state index contributed by atoms with van der Waals surface area (Å²) in [6, 6.07) is 7.10. The first-order valence-electron chi connectivity index (χ1n) is 5.91. The maximum Gasteiger partial charge on any atom is 0.335 e. The number of hydrogen-bond donors (Lipinski definition) is 1. The molecule has 4 heteroatoms. The Balaban J connectivity index is 1.90. The number of aromatic carboxylic acids is 1. The molecular weight excluding hydrogens is 216 g/mol. The maximum absolute atomic E-state index is 10.9. The molecule has 1 heterocycles. The Morgan fingerprint density at radius 1 is 1.41 bits per heavy atom. The van der Waals surface area contributed by atoms with Gasteiger partial charge in [0, 0.05) is 18.2 Å². The van der Waals surface area contributed by atoms with Crippen molar-refractivity contribution in [3.05, 3.63) is 29.8 Å². The molecule has 0 saturated heterocycles. The number of rotatable bonds is 3. The van der Waals surface area contributed by atoms with Gasteiger partial charge < -0.3 is 10.0 Å². The molecule has 0 spiro atoms. The summed E-state index contributed by atoms with van der Waals surface area (Å²) in [5.41, 5.74) is 1.29. The molecular formula is C13H14N2O2. The lowest BCUT2D eigenvalue weighted by molar-refractivity contribution is 0.0697. The van der Waals surface area contributed by atoms with Crippen molar-refractivity contribution in [3.8, 4) is 0 Å². The van der Waals surface area contributed by atoms with E-state index in [1.807, 2.05) is 6.07 Å². The molecule has 2 aliphatic rings. The molecule has 17 heavy (non-hydrogen) atoms. The summed E-state index contributed by atoms with van der Waals surface area (Å²) in [5.74, 6) is 0.870. The Morgan fingerprint density at radius 2 is 2.24 bits per heavy atom. The summed E-state index contributed by atoms with van der Waals surface area (Å²) in [6.07, 6.45) is 2.43. The zero-order valence-electron chi connectivity index (χ0n) is 9.47. The van der Waals surface area contributed by atoms with Gasteiger partial charge in [-0.05, 0) is 31.0 Å². The van der Waals surface area contributed by atoms with E-state index in [2.05, 4.69) is 9.89 Å². The van der Waals surface area contributed by atoms with E-state index >= 15 is 0 Å². The maximum atomic E-state index is 10.9. The van der Waals surface area contributed by atoms with Gasteiger partial charge in [0.05, 0.1) is 12.1 Å². The van der Waals surface area contributed by atoms with Crippen molar-refractivity contribution in [2.45, 2.75) is 12.8 Å². The highest BCUT2D eigenvalue weighted by atomic mass is 16.4. The van der Waals surface area contributed by atoms with Gasteiger partial charge in [-0.1, -0.05) is 6.07 Å². The van der Waals surface area contributed by atoms with Crippen molar-refractivity contribution in [1.29, 1.82) is 0 Å². The molecule has 1 aromatic rings. The lowest BCUT2D eigenvalue weighted by Gasteiger charge is -2.20. The van der Waals surface area contributed by atoms with Gasteiger partial charge in [-0.25, -0.2) is 4.79 Å². The van der Waals surface area contributed by atoms with Gasteiger partial charge in [0.2, 0.25) is 0 Å². The highest BCUT2D eigenvalue weighted by Gasteiger charge is 2.34. The van der Waals surface area contributed by atoms with Crippen molar-refractivity contribution in [1.82, 2.24) is 0 Å². The van der Waals surface area contributed by atoms with Gasteiger partial charge in [-0.2, -0.15) is 0 Å². The Hall–Kier alpha value is -1.84. The monoisotopic (exact) mass is 230 g/mol. The molecule has 0 unspecified atom stereocenters. The molecule has 0 bridgehead atoms. The number of aliphatic imine (C=N–C) groups is 1. The Labute approximate surface area is 99.6 Å². The quantitative estimate of drug-likeness (QED) is 0.864. The van der Waals surface area contributed by atoms with E-state index in [1.54, 1.807) is 18.2 Å². The van der Waals surface area contributed by atoms with Crippen LogP contribution in [0.3, 0.4) is 0 Å². The molecule has 1 saturated carbocycles. The van der Waals surface area contributed by atoms with Crippen LogP contribution in [0.1, 0.15) is 23.2 Å². The normalized spacial score (nSPS) is 19.3. The number of carbonyl (C=O) groups is 1. The van der Waals surface area contributed by atoms with Crippen molar-refractivity contribution < 1.29 is 9.90 Å². The van der Waals surface area contributed by atoms with Crippen molar-refractivity contribution in [2.75, 3.05) is 18.0 Å². The van der Waals surface area contributed by atoms with E-state index in [0.717, 1.165) is 24.6 Å². The number of hydrogen-bond acceptors (Lipinski definition) is 3. The smallest absolute Gasteiger partial charge is 0.335 e. The van der Waals surface area contributed by atoms with Crippen LogP contribution in [-0.2, 0) is 0 Å². The van der Waals surface area contributed by atoms with Crippen LogP contribution in [0.4, 0.5) is 5.69 Å². The fourth-order valence-corrected chi connectivity index (χ4v) is 2.22. The third kappa shape index (κ3) is 1.90. The van der Waals surface area contributed by atoms with Crippen LogP contribution in [0.25, 0.3) is 0 Å². The first-order valence-corrected chi connectivity index (χ1v) is 5.91. The summed E-state index contributed by atoms with van der Waals surface area (Å²) in [7, 11) is 0. The molecule has 1 aliphatic carbocycles. The average molecular weight is 230 g/mol. The molecule has 88 valence electrons. The number of carboxylic acids is 1. The molecule has 4 nitrogen and oxygen atoms in total. The average Bonchev–Trinajstić information content (AvgIpc) is 3.07. The first-order chi connectivity index (χ1) is 8.25. The number of anilines is 1. The zero-order valence-corrected chi connectivity index (χ0v) is 9.47.